The van der Waals surface area contributed by atoms with E-state index in [2.05, 4.69) is 37.7 Å². The van der Waals surface area contributed by atoms with Crippen molar-refractivity contribution in [2.75, 3.05) is 12.8 Å². The Kier molecular flexibility index (Phi) is 4.12. The zero-order valence-corrected chi connectivity index (χ0v) is 12.4. The summed E-state index contributed by atoms with van der Waals surface area (Å²) in [5, 5.41) is 4.20. The van der Waals surface area contributed by atoms with Crippen molar-refractivity contribution in [3.05, 3.63) is 21.7 Å². The smallest absolute Gasteiger partial charge is 0.165 e. The molecule has 0 bridgehead atoms. The average molecular weight is 359 g/mol. The number of aromatic nitrogens is 4. The van der Waals surface area contributed by atoms with Crippen LogP contribution in [0, 0.1) is 3.57 Å². The van der Waals surface area contributed by atoms with Crippen LogP contribution in [-0.2, 0) is 17.9 Å². The third-order valence-electron chi connectivity index (χ3n) is 2.44. The van der Waals surface area contributed by atoms with E-state index in [1.165, 1.54) is 0 Å². The molecule has 18 heavy (non-hydrogen) atoms. The largest absolute Gasteiger partial charge is 0.383 e. The van der Waals surface area contributed by atoms with Gasteiger partial charge < -0.3 is 10.5 Å². The van der Waals surface area contributed by atoms with Gasteiger partial charge in [0.15, 0.2) is 5.82 Å². The molecule has 0 atom stereocenters. The number of anilines is 1. The molecule has 0 spiro atoms. The highest BCUT2D eigenvalue weighted by Crippen LogP contribution is 2.22. The summed E-state index contributed by atoms with van der Waals surface area (Å²) in [6.07, 6.45) is 3.64. The van der Waals surface area contributed by atoms with Gasteiger partial charge in [-0.25, -0.2) is 9.97 Å². The third kappa shape index (κ3) is 2.61. The SMILES string of the molecule is CCn1cc(-c2nc(N)c(I)c(COC)n2)cn1. The van der Waals surface area contributed by atoms with Gasteiger partial charge >= 0.3 is 0 Å². The fourth-order valence-electron chi connectivity index (χ4n) is 1.53. The summed E-state index contributed by atoms with van der Waals surface area (Å²) in [4.78, 5) is 8.75. The molecule has 96 valence electrons. The second-order valence-corrected chi connectivity index (χ2v) is 4.79. The van der Waals surface area contributed by atoms with Crippen molar-refractivity contribution in [1.29, 1.82) is 0 Å². The molecule has 0 amide bonds. The number of ether oxygens (including phenoxy) is 1. The zero-order chi connectivity index (χ0) is 13.1. The van der Waals surface area contributed by atoms with Crippen LogP contribution in [0.2, 0.25) is 0 Å². The molecule has 2 aromatic rings. The fourth-order valence-corrected chi connectivity index (χ4v) is 1.92. The maximum absolute atomic E-state index is 5.89. The number of aryl methyl sites for hydroxylation is 1. The second-order valence-electron chi connectivity index (χ2n) is 3.71. The van der Waals surface area contributed by atoms with Crippen molar-refractivity contribution in [2.24, 2.45) is 0 Å². The van der Waals surface area contributed by atoms with E-state index in [1.807, 2.05) is 17.8 Å². The molecule has 0 aliphatic rings. The summed E-state index contributed by atoms with van der Waals surface area (Å²) >= 11 is 2.13. The third-order valence-corrected chi connectivity index (χ3v) is 3.62. The molecule has 0 aliphatic carbocycles. The second kappa shape index (κ2) is 5.61. The van der Waals surface area contributed by atoms with Crippen molar-refractivity contribution in [2.45, 2.75) is 20.1 Å². The van der Waals surface area contributed by atoms with E-state index in [0.717, 1.165) is 21.4 Å². The molecule has 0 saturated carbocycles. The molecule has 2 heterocycles. The van der Waals surface area contributed by atoms with E-state index in [9.17, 15) is 0 Å². The average Bonchev–Trinajstić information content (AvgIpc) is 2.83. The lowest BCUT2D eigenvalue weighted by molar-refractivity contribution is 0.181. The van der Waals surface area contributed by atoms with E-state index >= 15 is 0 Å². The van der Waals surface area contributed by atoms with Crippen molar-refractivity contribution in [1.82, 2.24) is 19.7 Å². The highest BCUT2D eigenvalue weighted by atomic mass is 127. The van der Waals surface area contributed by atoms with Crippen LogP contribution in [0.25, 0.3) is 11.4 Å². The molecule has 0 aromatic carbocycles. The molecule has 6 nitrogen and oxygen atoms in total. The molecule has 0 fully saturated rings. The minimum atomic E-state index is 0.417. The van der Waals surface area contributed by atoms with E-state index in [4.69, 9.17) is 10.5 Å². The Hall–Kier alpha value is -1.22. The zero-order valence-electron chi connectivity index (χ0n) is 10.2. The van der Waals surface area contributed by atoms with Gasteiger partial charge in [0.25, 0.3) is 0 Å². The van der Waals surface area contributed by atoms with Crippen LogP contribution in [0.1, 0.15) is 12.6 Å². The van der Waals surface area contributed by atoms with Gasteiger partial charge in [-0.3, -0.25) is 4.68 Å². The van der Waals surface area contributed by atoms with Gasteiger partial charge in [0.05, 0.1) is 27.6 Å². The predicted molar refractivity (Wildman–Crippen MR) is 76.8 cm³/mol. The van der Waals surface area contributed by atoms with Crippen LogP contribution in [0.3, 0.4) is 0 Å². The van der Waals surface area contributed by atoms with Crippen LogP contribution in [0.15, 0.2) is 12.4 Å². The monoisotopic (exact) mass is 359 g/mol. The van der Waals surface area contributed by atoms with E-state index in [1.54, 1.807) is 13.3 Å². The first-order valence-corrected chi connectivity index (χ1v) is 6.57. The Morgan fingerprint density at radius 2 is 2.22 bits per heavy atom. The normalized spacial score (nSPS) is 10.8. The molecule has 0 saturated heterocycles. The number of hydrogen-bond donors (Lipinski definition) is 1. The molecular formula is C11H14IN5O. The minimum absolute atomic E-state index is 0.417. The van der Waals surface area contributed by atoms with E-state index < -0.39 is 0 Å². The summed E-state index contributed by atoms with van der Waals surface area (Å²) in [6, 6.07) is 0. The Morgan fingerprint density at radius 3 is 2.83 bits per heavy atom. The molecule has 2 rings (SSSR count). The number of methoxy groups -OCH3 is 1. The lowest BCUT2D eigenvalue weighted by Crippen LogP contribution is -2.05. The van der Waals surface area contributed by atoms with Gasteiger partial charge in [-0.05, 0) is 29.5 Å². The standard InChI is InChI=1S/C11H14IN5O/c1-3-17-5-7(4-14-17)11-15-8(6-18-2)9(12)10(13)16-11/h4-5H,3,6H2,1-2H3,(H2,13,15,16). The highest BCUT2D eigenvalue weighted by molar-refractivity contribution is 14.1. The lowest BCUT2D eigenvalue weighted by Gasteiger charge is -2.07. The van der Waals surface area contributed by atoms with Crippen molar-refractivity contribution < 1.29 is 4.74 Å². The van der Waals surface area contributed by atoms with Gasteiger partial charge in [0.2, 0.25) is 0 Å². The Balaban J connectivity index is 2.44. The van der Waals surface area contributed by atoms with Crippen LogP contribution in [-0.4, -0.2) is 26.9 Å². The first-order chi connectivity index (χ1) is 8.65. The summed E-state index contributed by atoms with van der Waals surface area (Å²) in [5.41, 5.74) is 7.54. The van der Waals surface area contributed by atoms with Gasteiger partial charge in [-0.2, -0.15) is 5.10 Å². The number of nitrogens with zero attached hydrogens (tertiary/aromatic N) is 4. The van der Waals surface area contributed by atoms with Crippen molar-refractivity contribution >= 4 is 28.4 Å². The molecule has 0 unspecified atom stereocenters. The molecule has 0 aliphatic heterocycles. The molecule has 2 aromatic heterocycles. The van der Waals surface area contributed by atoms with E-state index in [0.29, 0.717) is 18.2 Å². The van der Waals surface area contributed by atoms with Gasteiger partial charge in [0.1, 0.15) is 5.82 Å². The Labute approximate surface area is 119 Å². The van der Waals surface area contributed by atoms with Crippen molar-refractivity contribution in [3.63, 3.8) is 0 Å². The maximum atomic E-state index is 5.89. The number of halogens is 1. The maximum Gasteiger partial charge on any atom is 0.165 e. The number of nitrogen functional groups attached to an aromatic ring is 1. The molecule has 0 radical (unpaired) electrons. The Morgan fingerprint density at radius 1 is 1.44 bits per heavy atom. The summed E-state index contributed by atoms with van der Waals surface area (Å²) < 4.78 is 7.77. The quantitative estimate of drug-likeness (QED) is 0.841. The molecule has 7 heteroatoms. The molecular weight excluding hydrogens is 345 g/mol. The summed E-state index contributed by atoms with van der Waals surface area (Å²) in [7, 11) is 1.63. The summed E-state index contributed by atoms with van der Waals surface area (Å²) in [6.45, 7) is 3.25. The topological polar surface area (TPSA) is 78.9 Å². The fraction of sp³-hybridized carbons (Fsp3) is 0.364. The van der Waals surface area contributed by atoms with Gasteiger partial charge in [-0.15, -0.1) is 0 Å². The number of nitrogens with two attached hydrogens (primary N) is 1. The van der Waals surface area contributed by atoms with Crippen LogP contribution < -0.4 is 5.73 Å². The first-order valence-electron chi connectivity index (χ1n) is 5.49. The number of hydrogen-bond acceptors (Lipinski definition) is 5. The van der Waals surface area contributed by atoms with Crippen LogP contribution in [0.4, 0.5) is 5.82 Å². The van der Waals surface area contributed by atoms with Gasteiger partial charge in [-0.1, -0.05) is 0 Å². The Bertz CT molecular complexity index is 554. The van der Waals surface area contributed by atoms with E-state index in [-0.39, 0.29) is 0 Å². The predicted octanol–water partition coefficient (Wildman–Crippen LogP) is 1.69. The van der Waals surface area contributed by atoms with Crippen molar-refractivity contribution in [3.8, 4) is 11.4 Å². The minimum Gasteiger partial charge on any atom is -0.383 e. The molecule has 2 N–H and O–H groups in total. The lowest BCUT2D eigenvalue weighted by atomic mass is 10.3. The van der Waals surface area contributed by atoms with Crippen LogP contribution in [0.5, 0.6) is 0 Å². The van der Waals surface area contributed by atoms with Gasteiger partial charge in [0, 0.05) is 19.9 Å². The van der Waals surface area contributed by atoms with Crippen LogP contribution >= 0.6 is 22.6 Å². The summed E-state index contributed by atoms with van der Waals surface area (Å²) in [5.74, 6) is 1.05. The number of rotatable bonds is 4. The highest BCUT2D eigenvalue weighted by Gasteiger charge is 2.12. The first kappa shape index (κ1) is 13.2.